The summed E-state index contributed by atoms with van der Waals surface area (Å²) in [6, 6.07) is 0.151. The molecule has 19 heavy (non-hydrogen) atoms. The Balaban J connectivity index is 1.99. The average Bonchev–Trinajstić information content (AvgIpc) is 3.19. The van der Waals surface area contributed by atoms with Gasteiger partial charge in [-0.05, 0) is 44.9 Å². The van der Waals surface area contributed by atoms with Gasteiger partial charge in [0.2, 0.25) is 11.8 Å². The van der Waals surface area contributed by atoms with Crippen molar-refractivity contribution in [2.24, 2.45) is 11.3 Å². The first kappa shape index (κ1) is 14.4. The van der Waals surface area contributed by atoms with Crippen molar-refractivity contribution in [1.29, 1.82) is 0 Å². The Morgan fingerprint density at radius 1 is 1.42 bits per heavy atom. The van der Waals surface area contributed by atoms with Gasteiger partial charge in [0.25, 0.3) is 0 Å². The highest BCUT2D eigenvalue weighted by atomic mass is 16.2. The number of carbonyl (C=O) groups is 2. The Bertz CT molecular complexity index is 363. The molecule has 2 amide bonds. The molecule has 4 heteroatoms. The number of hydrogen-bond donors (Lipinski definition) is 1. The van der Waals surface area contributed by atoms with E-state index in [0.29, 0.717) is 5.92 Å². The first-order valence-electron chi connectivity index (χ1n) is 7.60. The summed E-state index contributed by atoms with van der Waals surface area (Å²) in [5, 5.41) is 2.98. The second-order valence-electron chi connectivity index (χ2n) is 6.36. The lowest BCUT2D eigenvalue weighted by Gasteiger charge is -2.33. The molecular formula is C15H26N2O2. The number of rotatable bonds is 4. The van der Waals surface area contributed by atoms with Gasteiger partial charge in [0.15, 0.2) is 0 Å². The summed E-state index contributed by atoms with van der Waals surface area (Å²) >= 11 is 0. The van der Waals surface area contributed by atoms with E-state index in [0.717, 1.165) is 38.8 Å². The fourth-order valence-electron chi connectivity index (χ4n) is 2.80. The lowest BCUT2D eigenvalue weighted by molar-refractivity contribution is -0.145. The van der Waals surface area contributed by atoms with Crippen molar-refractivity contribution in [3.05, 3.63) is 0 Å². The second-order valence-corrected chi connectivity index (χ2v) is 6.36. The highest BCUT2D eigenvalue weighted by Gasteiger charge is 2.58. The molecule has 2 rings (SSSR count). The lowest BCUT2D eigenvalue weighted by Crippen LogP contribution is -2.49. The van der Waals surface area contributed by atoms with Gasteiger partial charge >= 0.3 is 0 Å². The van der Waals surface area contributed by atoms with Crippen molar-refractivity contribution in [3.8, 4) is 0 Å². The van der Waals surface area contributed by atoms with Crippen molar-refractivity contribution in [2.75, 3.05) is 13.1 Å². The summed E-state index contributed by atoms with van der Waals surface area (Å²) in [5.41, 5.74) is -0.722. The minimum atomic E-state index is -0.722. The van der Waals surface area contributed by atoms with Gasteiger partial charge in [0.1, 0.15) is 5.41 Å². The van der Waals surface area contributed by atoms with Crippen LogP contribution in [0.15, 0.2) is 0 Å². The molecule has 0 aromatic carbocycles. The number of likely N-dealkylation sites (tertiary alicyclic amines) is 1. The number of amides is 2. The summed E-state index contributed by atoms with van der Waals surface area (Å²) in [6.45, 7) is 7.84. The van der Waals surface area contributed by atoms with Crippen LogP contribution < -0.4 is 5.32 Å². The van der Waals surface area contributed by atoms with E-state index in [1.54, 1.807) is 0 Å². The fraction of sp³-hybridized carbons (Fsp3) is 0.867. The van der Waals surface area contributed by atoms with E-state index in [4.69, 9.17) is 0 Å². The van der Waals surface area contributed by atoms with Gasteiger partial charge in [0.05, 0.1) is 0 Å². The van der Waals surface area contributed by atoms with E-state index in [2.05, 4.69) is 12.2 Å². The Labute approximate surface area is 115 Å². The lowest BCUT2D eigenvalue weighted by atomic mass is 9.96. The Kier molecular flexibility index (Phi) is 4.16. The predicted octanol–water partition coefficient (Wildman–Crippen LogP) is 1.94. The van der Waals surface area contributed by atoms with E-state index in [-0.39, 0.29) is 17.9 Å². The van der Waals surface area contributed by atoms with E-state index >= 15 is 0 Å². The van der Waals surface area contributed by atoms with E-state index in [1.165, 1.54) is 6.42 Å². The number of carbonyl (C=O) groups excluding carboxylic acids is 2. The molecule has 1 N–H and O–H groups in total. The van der Waals surface area contributed by atoms with E-state index in [9.17, 15) is 9.59 Å². The molecule has 2 unspecified atom stereocenters. The molecular weight excluding hydrogens is 240 g/mol. The molecule has 1 aliphatic carbocycles. The third-order valence-electron chi connectivity index (χ3n) is 4.53. The van der Waals surface area contributed by atoms with Crippen LogP contribution in [-0.4, -0.2) is 35.8 Å². The molecule has 2 atom stereocenters. The SMILES string of the molecule is CCC(C)NC(=O)C1(C(=O)N2CCCC(C)C2)CC1. The Morgan fingerprint density at radius 3 is 2.63 bits per heavy atom. The second kappa shape index (κ2) is 5.51. The van der Waals surface area contributed by atoms with Crippen molar-refractivity contribution in [1.82, 2.24) is 10.2 Å². The quantitative estimate of drug-likeness (QED) is 0.791. The minimum absolute atomic E-state index is 0.0509. The topological polar surface area (TPSA) is 49.4 Å². The van der Waals surface area contributed by atoms with Gasteiger partial charge < -0.3 is 10.2 Å². The van der Waals surface area contributed by atoms with Crippen LogP contribution in [0.5, 0.6) is 0 Å². The standard InChI is InChI=1S/C15H26N2O2/c1-4-12(3)16-13(18)15(7-8-15)14(19)17-9-5-6-11(2)10-17/h11-12H,4-10H2,1-3H3,(H,16,18). The van der Waals surface area contributed by atoms with Gasteiger partial charge in [0, 0.05) is 19.1 Å². The van der Waals surface area contributed by atoms with Gasteiger partial charge in [-0.1, -0.05) is 13.8 Å². The number of nitrogens with zero attached hydrogens (tertiary/aromatic N) is 1. The van der Waals surface area contributed by atoms with Crippen LogP contribution in [-0.2, 0) is 9.59 Å². The molecule has 4 nitrogen and oxygen atoms in total. The molecule has 0 aromatic heterocycles. The van der Waals surface area contributed by atoms with Crippen molar-refractivity contribution in [3.63, 3.8) is 0 Å². The summed E-state index contributed by atoms with van der Waals surface area (Å²) < 4.78 is 0. The average molecular weight is 266 g/mol. The monoisotopic (exact) mass is 266 g/mol. The molecule has 1 aliphatic heterocycles. The van der Waals surface area contributed by atoms with Gasteiger partial charge in [-0.2, -0.15) is 0 Å². The smallest absolute Gasteiger partial charge is 0.238 e. The van der Waals surface area contributed by atoms with Crippen molar-refractivity contribution in [2.45, 2.75) is 58.9 Å². The zero-order chi connectivity index (χ0) is 14.0. The molecule has 0 spiro atoms. The fourth-order valence-corrected chi connectivity index (χ4v) is 2.80. The minimum Gasteiger partial charge on any atom is -0.353 e. The molecule has 1 saturated heterocycles. The van der Waals surface area contributed by atoms with Crippen LogP contribution in [0, 0.1) is 11.3 Å². The third-order valence-corrected chi connectivity index (χ3v) is 4.53. The summed E-state index contributed by atoms with van der Waals surface area (Å²) in [6.07, 6.45) is 4.60. The molecule has 0 bridgehead atoms. The maximum absolute atomic E-state index is 12.6. The van der Waals surface area contributed by atoms with Crippen molar-refractivity contribution >= 4 is 11.8 Å². The van der Waals surface area contributed by atoms with Crippen molar-refractivity contribution < 1.29 is 9.59 Å². The summed E-state index contributed by atoms with van der Waals surface area (Å²) in [7, 11) is 0. The molecule has 108 valence electrons. The maximum atomic E-state index is 12.6. The van der Waals surface area contributed by atoms with Crippen LogP contribution in [0.3, 0.4) is 0 Å². The van der Waals surface area contributed by atoms with E-state index < -0.39 is 5.41 Å². The number of nitrogens with one attached hydrogen (secondary N) is 1. The Hall–Kier alpha value is -1.06. The number of piperidine rings is 1. The maximum Gasteiger partial charge on any atom is 0.238 e. The first-order chi connectivity index (χ1) is 8.99. The first-order valence-corrected chi connectivity index (χ1v) is 7.60. The molecule has 2 aliphatic rings. The molecule has 1 saturated carbocycles. The molecule has 1 heterocycles. The zero-order valence-electron chi connectivity index (χ0n) is 12.4. The summed E-state index contributed by atoms with van der Waals surface area (Å²) in [4.78, 5) is 26.8. The van der Waals surface area contributed by atoms with Crippen LogP contribution in [0.25, 0.3) is 0 Å². The Morgan fingerprint density at radius 2 is 2.11 bits per heavy atom. The largest absolute Gasteiger partial charge is 0.353 e. The highest BCUT2D eigenvalue weighted by Crippen LogP contribution is 2.48. The highest BCUT2D eigenvalue weighted by molar-refractivity contribution is 6.08. The molecule has 2 fully saturated rings. The van der Waals surface area contributed by atoms with Crippen LogP contribution >= 0.6 is 0 Å². The van der Waals surface area contributed by atoms with Gasteiger partial charge in [-0.3, -0.25) is 9.59 Å². The van der Waals surface area contributed by atoms with Crippen LogP contribution in [0.4, 0.5) is 0 Å². The van der Waals surface area contributed by atoms with Crippen LogP contribution in [0.2, 0.25) is 0 Å². The normalized spacial score (nSPS) is 26.7. The van der Waals surface area contributed by atoms with E-state index in [1.807, 2.05) is 18.7 Å². The summed E-state index contributed by atoms with van der Waals surface area (Å²) in [5.74, 6) is 0.580. The predicted molar refractivity (Wildman–Crippen MR) is 74.5 cm³/mol. The van der Waals surface area contributed by atoms with Gasteiger partial charge in [-0.25, -0.2) is 0 Å². The van der Waals surface area contributed by atoms with Crippen LogP contribution in [0.1, 0.15) is 52.9 Å². The number of hydrogen-bond acceptors (Lipinski definition) is 2. The third kappa shape index (κ3) is 2.93. The van der Waals surface area contributed by atoms with Gasteiger partial charge in [-0.15, -0.1) is 0 Å². The zero-order valence-corrected chi connectivity index (χ0v) is 12.4. The molecule has 0 aromatic rings. The molecule has 0 radical (unpaired) electrons.